The second kappa shape index (κ2) is 5.21. The van der Waals surface area contributed by atoms with Crippen molar-refractivity contribution in [3.63, 3.8) is 0 Å². The molecule has 5 nitrogen and oxygen atoms in total. The predicted molar refractivity (Wildman–Crippen MR) is 80.9 cm³/mol. The molecule has 0 bridgehead atoms. The Bertz CT molecular complexity index is 842. The second-order valence-corrected chi connectivity index (χ2v) is 5.76. The van der Waals surface area contributed by atoms with Crippen molar-refractivity contribution in [3.05, 3.63) is 47.2 Å². The third-order valence-electron chi connectivity index (χ3n) is 3.15. The molecule has 0 spiro atoms. The van der Waals surface area contributed by atoms with E-state index in [1.54, 1.807) is 19.2 Å². The lowest BCUT2D eigenvalue weighted by Crippen LogP contribution is -2.03. The van der Waals surface area contributed by atoms with Gasteiger partial charge in [-0.05, 0) is 54.9 Å². The summed E-state index contributed by atoms with van der Waals surface area (Å²) in [4.78, 5) is 23.2. The van der Waals surface area contributed by atoms with Crippen LogP contribution in [0.15, 0.2) is 40.6 Å². The zero-order valence-corrected chi connectivity index (χ0v) is 12.4. The van der Waals surface area contributed by atoms with Crippen LogP contribution in [-0.4, -0.2) is 26.0 Å². The number of nitrogens with zero attached hydrogens (tertiary/aromatic N) is 2. The van der Waals surface area contributed by atoms with Gasteiger partial charge in [0, 0.05) is 6.20 Å². The van der Waals surface area contributed by atoms with Crippen LogP contribution < -0.4 is 0 Å². The van der Waals surface area contributed by atoms with Crippen LogP contribution in [0.25, 0.3) is 11.0 Å². The van der Waals surface area contributed by atoms with Gasteiger partial charge in [0.25, 0.3) is 0 Å². The Morgan fingerprint density at radius 2 is 2.10 bits per heavy atom. The highest BCUT2D eigenvalue weighted by molar-refractivity contribution is 7.99. The Hall–Kier alpha value is -2.34. The average molecular weight is 299 g/mol. The SMILES string of the molecule is Cc1ccc2nc(Sc3nccc(C)c3C(=O)O)[nH]c2c1. The molecule has 0 atom stereocenters. The molecule has 3 aromatic rings. The van der Waals surface area contributed by atoms with Crippen molar-refractivity contribution in [3.8, 4) is 0 Å². The number of imidazole rings is 1. The molecule has 0 aliphatic rings. The lowest BCUT2D eigenvalue weighted by Gasteiger charge is -2.05. The number of carboxylic acids is 1. The summed E-state index contributed by atoms with van der Waals surface area (Å²) in [5.41, 5.74) is 3.84. The van der Waals surface area contributed by atoms with E-state index in [-0.39, 0.29) is 5.56 Å². The van der Waals surface area contributed by atoms with E-state index in [2.05, 4.69) is 15.0 Å². The van der Waals surface area contributed by atoms with Crippen LogP contribution in [0, 0.1) is 13.8 Å². The lowest BCUT2D eigenvalue weighted by atomic mass is 10.2. The van der Waals surface area contributed by atoms with Gasteiger partial charge >= 0.3 is 5.97 Å². The first kappa shape index (κ1) is 13.6. The number of carbonyl (C=O) groups is 1. The topological polar surface area (TPSA) is 78.9 Å². The fourth-order valence-electron chi connectivity index (χ4n) is 2.11. The van der Waals surface area contributed by atoms with Crippen molar-refractivity contribution in [1.82, 2.24) is 15.0 Å². The maximum Gasteiger partial charge on any atom is 0.338 e. The van der Waals surface area contributed by atoms with E-state index < -0.39 is 5.97 Å². The molecule has 0 aliphatic carbocycles. The number of hydrogen-bond acceptors (Lipinski definition) is 4. The molecular weight excluding hydrogens is 286 g/mol. The molecule has 2 heterocycles. The number of H-pyrrole nitrogens is 1. The van der Waals surface area contributed by atoms with Crippen molar-refractivity contribution in [2.75, 3.05) is 0 Å². The zero-order chi connectivity index (χ0) is 15.0. The number of rotatable bonds is 3. The number of aromatic amines is 1. The Kier molecular flexibility index (Phi) is 3.39. The summed E-state index contributed by atoms with van der Waals surface area (Å²) in [5, 5.41) is 10.4. The normalized spacial score (nSPS) is 11.0. The van der Waals surface area contributed by atoms with Gasteiger partial charge in [-0.15, -0.1) is 0 Å². The molecule has 21 heavy (non-hydrogen) atoms. The summed E-state index contributed by atoms with van der Waals surface area (Å²) in [6.45, 7) is 3.77. The Balaban J connectivity index is 2.02. The minimum absolute atomic E-state index is 0.221. The molecule has 1 aromatic carbocycles. The molecule has 0 saturated carbocycles. The predicted octanol–water partition coefficient (Wildman–Crippen LogP) is 3.42. The lowest BCUT2D eigenvalue weighted by molar-refractivity contribution is 0.0691. The van der Waals surface area contributed by atoms with E-state index in [0.717, 1.165) is 16.6 Å². The van der Waals surface area contributed by atoms with Crippen molar-refractivity contribution in [2.45, 2.75) is 24.0 Å². The van der Waals surface area contributed by atoms with Gasteiger partial charge in [0.2, 0.25) is 0 Å². The highest BCUT2D eigenvalue weighted by atomic mass is 32.2. The average Bonchev–Trinajstić information content (AvgIpc) is 2.79. The first-order valence-corrected chi connectivity index (χ1v) is 7.19. The molecule has 2 N–H and O–H groups in total. The summed E-state index contributed by atoms with van der Waals surface area (Å²) < 4.78 is 0. The standard InChI is InChI=1S/C15H13N3O2S/c1-8-3-4-10-11(7-8)18-15(17-10)21-13-12(14(19)20)9(2)5-6-16-13/h3-7H,1-2H3,(H,17,18)(H,19,20). The van der Waals surface area contributed by atoms with Crippen LogP contribution in [0.3, 0.4) is 0 Å². The molecule has 6 heteroatoms. The number of hydrogen-bond donors (Lipinski definition) is 2. The maximum atomic E-state index is 11.4. The van der Waals surface area contributed by atoms with Crippen LogP contribution >= 0.6 is 11.8 Å². The molecule has 2 aromatic heterocycles. The molecule has 0 radical (unpaired) electrons. The van der Waals surface area contributed by atoms with Gasteiger partial charge in [0.05, 0.1) is 16.6 Å². The summed E-state index contributed by atoms with van der Waals surface area (Å²) >= 11 is 1.23. The Morgan fingerprint density at radius 3 is 2.86 bits per heavy atom. The van der Waals surface area contributed by atoms with Crippen LogP contribution in [0.5, 0.6) is 0 Å². The minimum atomic E-state index is -0.977. The molecule has 106 valence electrons. The number of aromatic nitrogens is 3. The van der Waals surface area contributed by atoms with Crippen LogP contribution in [0.4, 0.5) is 0 Å². The third-order valence-corrected chi connectivity index (χ3v) is 4.04. The highest BCUT2D eigenvalue weighted by Crippen LogP contribution is 2.29. The summed E-state index contributed by atoms with van der Waals surface area (Å²) in [6.07, 6.45) is 1.61. The highest BCUT2D eigenvalue weighted by Gasteiger charge is 2.17. The monoisotopic (exact) mass is 299 g/mol. The van der Waals surface area contributed by atoms with Crippen molar-refractivity contribution < 1.29 is 9.90 Å². The molecule has 3 rings (SSSR count). The largest absolute Gasteiger partial charge is 0.478 e. The molecule has 0 unspecified atom stereocenters. The second-order valence-electron chi connectivity index (χ2n) is 4.78. The number of nitrogens with one attached hydrogen (secondary N) is 1. The van der Waals surface area contributed by atoms with Gasteiger partial charge in [-0.2, -0.15) is 0 Å². The Morgan fingerprint density at radius 1 is 1.29 bits per heavy atom. The van der Waals surface area contributed by atoms with Gasteiger partial charge in [-0.3, -0.25) is 0 Å². The molecule has 0 aliphatic heterocycles. The van der Waals surface area contributed by atoms with E-state index in [0.29, 0.717) is 15.7 Å². The van der Waals surface area contributed by atoms with Crippen LogP contribution in [0.2, 0.25) is 0 Å². The summed E-state index contributed by atoms with van der Waals surface area (Å²) in [5.74, 6) is -0.977. The van der Waals surface area contributed by atoms with E-state index in [4.69, 9.17) is 0 Å². The van der Waals surface area contributed by atoms with Crippen LogP contribution in [-0.2, 0) is 0 Å². The Labute approximate surface area is 125 Å². The summed E-state index contributed by atoms with van der Waals surface area (Å²) in [6, 6.07) is 7.63. The zero-order valence-electron chi connectivity index (χ0n) is 11.5. The van der Waals surface area contributed by atoms with Gasteiger partial charge in [-0.1, -0.05) is 6.07 Å². The number of fused-ring (bicyclic) bond motifs is 1. The van der Waals surface area contributed by atoms with E-state index in [1.165, 1.54) is 11.8 Å². The number of aromatic carboxylic acids is 1. The summed E-state index contributed by atoms with van der Waals surface area (Å²) in [7, 11) is 0. The van der Waals surface area contributed by atoms with Gasteiger partial charge < -0.3 is 10.1 Å². The minimum Gasteiger partial charge on any atom is -0.478 e. The molecule has 0 saturated heterocycles. The van der Waals surface area contributed by atoms with E-state index >= 15 is 0 Å². The number of benzene rings is 1. The molecule has 0 fully saturated rings. The van der Waals surface area contributed by atoms with Gasteiger partial charge in [-0.25, -0.2) is 14.8 Å². The number of pyridine rings is 1. The van der Waals surface area contributed by atoms with Crippen LogP contribution in [0.1, 0.15) is 21.5 Å². The van der Waals surface area contributed by atoms with E-state index in [1.807, 2.05) is 25.1 Å². The first-order valence-electron chi connectivity index (χ1n) is 6.38. The van der Waals surface area contributed by atoms with Crippen molar-refractivity contribution >= 4 is 28.8 Å². The fourth-order valence-corrected chi connectivity index (χ4v) is 3.06. The van der Waals surface area contributed by atoms with Crippen molar-refractivity contribution in [2.24, 2.45) is 0 Å². The van der Waals surface area contributed by atoms with E-state index in [9.17, 15) is 9.90 Å². The smallest absolute Gasteiger partial charge is 0.338 e. The first-order chi connectivity index (χ1) is 10.0. The maximum absolute atomic E-state index is 11.4. The number of carboxylic acid groups (broad SMARTS) is 1. The third kappa shape index (κ3) is 2.62. The van der Waals surface area contributed by atoms with Crippen molar-refractivity contribution in [1.29, 1.82) is 0 Å². The molecular formula is C15H13N3O2S. The fraction of sp³-hybridized carbons (Fsp3) is 0.133. The van der Waals surface area contributed by atoms with Gasteiger partial charge in [0.15, 0.2) is 5.16 Å². The molecule has 0 amide bonds. The number of aryl methyl sites for hydroxylation is 2. The van der Waals surface area contributed by atoms with Gasteiger partial charge in [0.1, 0.15) is 5.03 Å². The quantitative estimate of drug-likeness (QED) is 0.774.